The molecule has 2 aromatic rings. The predicted octanol–water partition coefficient (Wildman–Crippen LogP) is 4.03. The number of aromatic nitrogens is 2. The second-order valence-corrected chi connectivity index (χ2v) is 6.20. The molecule has 0 amide bonds. The summed E-state index contributed by atoms with van der Waals surface area (Å²) in [5.74, 6) is 1.78. The van der Waals surface area contributed by atoms with Crippen LogP contribution in [-0.2, 0) is 6.54 Å². The molecule has 1 aromatic carbocycles. The van der Waals surface area contributed by atoms with E-state index < -0.39 is 0 Å². The van der Waals surface area contributed by atoms with E-state index in [1.807, 2.05) is 31.5 Å². The highest BCUT2D eigenvalue weighted by Gasteiger charge is 2.10. The van der Waals surface area contributed by atoms with Gasteiger partial charge >= 0.3 is 0 Å². The van der Waals surface area contributed by atoms with Gasteiger partial charge in [-0.15, -0.1) is 0 Å². The third kappa shape index (κ3) is 4.35. The third-order valence-corrected chi connectivity index (χ3v) is 4.31. The molecule has 0 atom stereocenters. The van der Waals surface area contributed by atoms with Crippen LogP contribution in [0.3, 0.4) is 0 Å². The summed E-state index contributed by atoms with van der Waals surface area (Å²) in [5.41, 5.74) is 1.23. The van der Waals surface area contributed by atoms with Crippen molar-refractivity contribution in [2.45, 2.75) is 18.6 Å². The van der Waals surface area contributed by atoms with Gasteiger partial charge in [-0.2, -0.15) is 0 Å². The molecule has 0 fully saturated rings. The normalized spacial score (nSPS) is 10.5. The Morgan fingerprint density at radius 2 is 2.05 bits per heavy atom. The minimum Gasteiger partial charge on any atom is -0.370 e. The summed E-state index contributed by atoms with van der Waals surface area (Å²) in [6, 6.07) is 10.2. The third-order valence-electron chi connectivity index (χ3n) is 2.99. The quantitative estimate of drug-likeness (QED) is 0.617. The van der Waals surface area contributed by atoms with Gasteiger partial charge in [0, 0.05) is 30.7 Å². The van der Waals surface area contributed by atoms with Crippen LogP contribution in [0.25, 0.3) is 0 Å². The first-order chi connectivity index (χ1) is 10.1. The Balaban J connectivity index is 2.23. The summed E-state index contributed by atoms with van der Waals surface area (Å²) in [4.78, 5) is 11.2. The summed E-state index contributed by atoms with van der Waals surface area (Å²) in [6.45, 7) is 3.70. The molecule has 0 spiro atoms. The van der Waals surface area contributed by atoms with Crippen molar-refractivity contribution < 1.29 is 0 Å². The molecule has 1 N–H and O–H groups in total. The Hall–Kier alpha value is -1.27. The highest BCUT2D eigenvalue weighted by molar-refractivity contribution is 9.10. The van der Waals surface area contributed by atoms with Crippen LogP contribution in [0, 0.1) is 0 Å². The van der Waals surface area contributed by atoms with Gasteiger partial charge in [0.15, 0.2) is 5.16 Å². The zero-order valence-electron chi connectivity index (χ0n) is 12.4. The van der Waals surface area contributed by atoms with Crippen LogP contribution in [0.1, 0.15) is 12.5 Å². The Morgan fingerprint density at radius 1 is 1.29 bits per heavy atom. The van der Waals surface area contributed by atoms with Crippen molar-refractivity contribution in [1.82, 2.24) is 9.97 Å². The molecule has 0 aliphatic carbocycles. The first-order valence-electron chi connectivity index (χ1n) is 6.75. The van der Waals surface area contributed by atoms with Crippen molar-refractivity contribution in [1.29, 1.82) is 0 Å². The maximum absolute atomic E-state index is 4.58. The largest absolute Gasteiger partial charge is 0.370 e. The fourth-order valence-electron chi connectivity index (χ4n) is 1.93. The molecule has 1 heterocycles. The molecule has 112 valence electrons. The molecule has 1 aromatic heterocycles. The molecular weight excluding hydrogens is 348 g/mol. The number of thioether (sulfide) groups is 1. The molecule has 21 heavy (non-hydrogen) atoms. The number of anilines is 2. The molecule has 0 unspecified atom stereocenters. The Morgan fingerprint density at radius 3 is 2.71 bits per heavy atom. The number of rotatable bonds is 6. The van der Waals surface area contributed by atoms with Crippen LogP contribution >= 0.6 is 27.7 Å². The van der Waals surface area contributed by atoms with Crippen LogP contribution < -0.4 is 10.2 Å². The highest BCUT2D eigenvalue weighted by Crippen LogP contribution is 2.23. The Kier molecular flexibility index (Phi) is 5.87. The summed E-state index contributed by atoms with van der Waals surface area (Å²) < 4.78 is 1.11. The summed E-state index contributed by atoms with van der Waals surface area (Å²) in [5, 5.41) is 4.03. The van der Waals surface area contributed by atoms with Crippen LogP contribution in [0.4, 0.5) is 11.6 Å². The zero-order chi connectivity index (χ0) is 15.2. The van der Waals surface area contributed by atoms with Crippen molar-refractivity contribution in [3.63, 3.8) is 0 Å². The van der Waals surface area contributed by atoms with E-state index in [9.17, 15) is 0 Å². The van der Waals surface area contributed by atoms with Crippen molar-refractivity contribution in [2.24, 2.45) is 0 Å². The number of nitrogens with one attached hydrogen (secondary N) is 1. The molecule has 2 rings (SSSR count). The summed E-state index contributed by atoms with van der Waals surface area (Å²) in [6.07, 6.45) is 1.99. The number of halogens is 1. The van der Waals surface area contributed by atoms with Gasteiger partial charge < -0.3 is 10.2 Å². The van der Waals surface area contributed by atoms with E-state index in [2.05, 4.69) is 55.2 Å². The topological polar surface area (TPSA) is 41.0 Å². The minimum absolute atomic E-state index is 0.780. The van der Waals surface area contributed by atoms with E-state index in [-0.39, 0.29) is 0 Å². The maximum Gasteiger partial charge on any atom is 0.191 e. The lowest BCUT2D eigenvalue weighted by atomic mass is 10.2. The monoisotopic (exact) mass is 366 g/mol. The molecule has 0 bridgehead atoms. The molecule has 4 nitrogen and oxygen atoms in total. The van der Waals surface area contributed by atoms with Crippen molar-refractivity contribution in [3.05, 3.63) is 40.4 Å². The number of benzene rings is 1. The molecule has 0 aliphatic rings. The van der Waals surface area contributed by atoms with E-state index in [0.29, 0.717) is 0 Å². The highest BCUT2D eigenvalue weighted by atomic mass is 79.9. The predicted molar refractivity (Wildman–Crippen MR) is 94.2 cm³/mol. The van der Waals surface area contributed by atoms with Crippen molar-refractivity contribution >= 4 is 39.3 Å². The molecule has 0 saturated heterocycles. The maximum atomic E-state index is 4.58. The SMILES string of the molecule is CCNc1cc(N(C)Cc2ccccc2Br)nc(SC)n1. The van der Waals surface area contributed by atoms with Gasteiger partial charge in [-0.25, -0.2) is 9.97 Å². The lowest BCUT2D eigenvalue weighted by Gasteiger charge is -2.20. The lowest BCUT2D eigenvalue weighted by Crippen LogP contribution is -2.19. The first-order valence-corrected chi connectivity index (χ1v) is 8.77. The molecule has 0 radical (unpaired) electrons. The van der Waals surface area contributed by atoms with Crippen LogP contribution in [-0.4, -0.2) is 29.8 Å². The molecular formula is C15H19BrN4S. The van der Waals surface area contributed by atoms with E-state index in [0.717, 1.165) is 34.4 Å². The van der Waals surface area contributed by atoms with Gasteiger partial charge in [-0.3, -0.25) is 0 Å². The number of hydrogen-bond acceptors (Lipinski definition) is 5. The van der Waals surface area contributed by atoms with Gasteiger partial charge in [0.05, 0.1) is 0 Å². The number of nitrogens with zero attached hydrogens (tertiary/aromatic N) is 3. The van der Waals surface area contributed by atoms with E-state index >= 15 is 0 Å². The second-order valence-electron chi connectivity index (χ2n) is 4.58. The smallest absolute Gasteiger partial charge is 0.191 e. The minimum atomic E-state index is 0.780. The average Bonchev–Trinajstić information content (AvgIpc) is 2.49. The fraction of sp³-hybridized carbons (Fsp3) is 0.333. The lowest BCUT2D eigenvalue weighted by molar-refractivity contribution is 0.854. The second kappa shape index (κ2) is 7.66. The Labute approximate surface area is 138 Å². The van der Waals surface area contributed by atoms with Gasteiger partial charge in [0.25, 0.3) is 0 Å². The van der Waals surface area contributed by atoms with Gasteiger partial charge in [0.1, 0.15) is 11.6 Å². The first kappa shape index (κ1) is 16.1. The van der Waals surface area contributed by atoms with Crippen molar-refractivity contribution in [3.8, 4) is 0 Å². The van der Waals surface area contributed by atoms with Crippen molar-refractivity contribution in [2.75, 3.05) is 30.1 Å². The Bertz CT molecular complexity index is 606. The number of hydrogen-bond donors (Lipinski definition) is 1. The van der Waals surface area contributed by atoms with E-state index in [1.54, 1.807) is 11.8 Å². The van der Waals surface area contributed by atoms with Gasteiger partial charge in [-0.1, -0.05) is 45.9 Å². The standard InChI is InChI=1S/C15H19BrN4S/c1-4-17-13-9-14(19-15(18-13)21-3)20(2)10-11-7-5-6-8-12(11)16/h5-9H,4,10H2,1-3H3,(H,17,18,19). The average molecular weight is 367 g/mol. The van der Waals surface area contributed by atoms with Crippen LogP contribution in [0.15, 0.2) is 40.0 Å². The summed E-state index contributed by atoms with van der Waals surface area (Å²) >= 11 is 5.14. The van der Waals surface area contributed by atoms with Gasteiger partial charge in [-0.05, 0) is 24.8 Å². The van der Waals surface area contributed by atoms with Crippen LogP contribution in [0.5, 0.6) is 0 Å². The van der Waals surface area contributed by atoms with E-state index in [1.165, 1.54) is 5.56 Å². The summed E-state index contributed by atoms with van der Waals surface area (Å²) in [7, 11) is 2.04. The molecule has 6 heteroatoms. The molecule has 0 saturated carbocycles. The zero-order valence-corrected chi connectivity index (χ0v) is 14.8. The van der Waals surface area contributed by atoms with Crippen LogP contribution in [0.2, 0.25) is 0 Å². The van der Waals surface area contributed by atoms with Gasteiger partial charge in [0.2, 0.25) is 0 Å². The fourth-order valence-corrected chi connectivity index (χ4v) is 2.72. The molecule has 0 aliphatic heterocycles. The van der Waals surface area contributed by atoms with E-state index in [4.69, 9.17) is 0 Å².